The zero-order chi connectivity index (χ0) is 17.9. The highest BCUT2D eigenvalue weighted by molar-refractivity contribution is 5.79. The van der Waals surface area contributed by atoms with E-state index in [1.807, 2.05) is 49.3 Å². The van der Waals surface area contributed by atoms with Crippen LogP contribution in [0.4, 0.5) is 0 Å². The van der Waals surface area contributed by atoms with Gasteiger partial charge < -0.3 is 19.7 Å². The van der Waals surface area contributed by atoms with Crippen molar-refractivity contribution in [3.8, 4) is 5.75 Å². The Balaban J connectivity index is 1.88. The van der Waals surface area contributed by atoms with Crippen molar-refractivity contribution in [3.05, 3.63) is 65.7 Å². The van der Waals surface area contributed by atoms with Crippen LogP contribution < -0.4 is 10.1 Å². The number of hydrogen-bond acceptors (Lipinski definition) is 3. The third-order valence-corrected chi connectivity index (χ3v) is 3.61. The maximum Gasteiger partial charge on any atom is 0.194 e. The summed E-state index contributed by atoms with van der Waals surface area (Å²) < 4.78 is 10.6. The SMILES string of the molecule is COCCOc1ccc(CNC(=NCc2ccccc2)N(C)C)cc1. The summed E-state index contributed by atoms with van der Waals surface area (Å²) in [5, 5.41) is 3.39. The fourth-order valence-corrected chi connectivity index (χ4v) is 2.23. The van der Waals surface area contributed by atoms with E-state index in [2.05, 4.69) is 34.6 Å². The summed E-state index contributed by atoms with van der Waals surface area (Å²) in [4.78, 5) is 6.66. The molecule has 2 rings (SSSR count). The van der Waals surface area contributed by atoms with Gasteiger partial charge >= 0.3 is 0 Å². The van der Waals surface area contributed by atoms with Crippen LogP contribution in [-0.2, 0) is 17.8 Å². The first-order valence-electron chi connectivity index (χ1n) is 8.39. The molecule has 0 radical (unpaired) electrons. The van der Waals surface area contributed by atoms with Crippen molar-refractivity contribution in [3.63, 3.8) is 0 Å². The zero-order valence-corrected chi connectivity index (χ0v) is 15.2. The van der Waals surface area contributed by atoms with Crippen LogP contribution in [0.15, 0.2) is 59.6 Å². The number of rotatable bonds is 8. The number of benzene rings is 2. The van der Waals surface area contributed by atoms with Crippen molar-refractivity contribution in [2.24, 2.45) is 4.99 Å². The summed E-state index contributed by atoms with van der Waals surface area (Å²) >= 11 is 0. The maximum atomic E-state index is 5.58. The van der Waals surface area contributed by atoms with Gasteiger partial charge in [-0.3, -0.25) is 0 Å². The molecular formula is C20H27N3O2. The number of hydrogen-bond donors (Lipinski definition) is 1. The first kappa shape index (κ1) is 18.8. The van der Waals surface area contributed by atoms with Gasteiger partial charge in [-0.25, -0.2) is 4.99 Å². The van der Waals surface area contributed by atoms with Gasteiger partial charge in [0.2, 0.25) is 0 Å². The number of guanidine groups is 1. The Morgan fingerprint density at radius 1 is 0.960 bits per heavy atom. The van der Waals surface area contributed by atoms with E-state index < -0.39 is 0 Å². The van der Waals surface area contributed by atoms with Gasteiger partial charge in [-0.1, -0.05) is 42.5 Å². The van der Waals surface area contributed by atoms with Gasteiger partial charge in [0.15, 0.2) is 5.96 Å². The van der Waals surface area contributed by atoms with Gasteiger partial charge in [-0.2, -0.15) is 0 Å². The average molecular weight is 341 g/mol. The molecule has 2 aromatic rings. The summed E-state index contributed by atoms with van der Waals surface area (Å²) in [6, 6.07) is 18.3. The number of methoxy groups -OCH3 is 1. The van der Waals surface area contributed by atoms with Crippen molar-refractivity contribution >= 4 is 5.96 Å². The van der Waals surface area contributed by atoms with Gasteiger partial charge in [0.1, 0.15) is 12.4 Å². The molecule has 0 aliphatic rings. The second-order valence-electron chi connectivity index (χ2n) is 5.86. The number of aliphatic imine (C=N–C) groups is 1. The smallest absolute Gasteiger partial charge is 0.194 e. The molecule has 1 N–H and O–H groups in total. The molecule has 25 heavy (non-hydrogen) atoms. The van der Waals surface area contributed by atoms with Crippen molar-refractivity contribution in [2.75, 3.05) is 34.4 Å². The highest BCUT2D eigenvalue weighted by Gasteiger charge is 2.02. The molecule has 5 heteroatoms. The molecule has 0 heterocycles. The second kappa shape index (κ2) is 10.4. The Morgan fingerprint density at radius 3 is 2.32 bits per heavy atom. The maximum absolute atomic E-state index is 5.58. The van der Waals surface area contributed by atoms with Crippen LogP contribution in [0.2, 0.25) is 0 Å². The Labute approximate surface area is 150 Å². The predicted molar refractivity (Wildman–Crippen MR) is 102 cm³/mol. The number of nitrogens with zero attached hydrogens (tertiary/aromatic N) is 2. The third kappa shape index (κ3) is 6.85. The molecule has 2 aromatic carbocycles. The van der Waals surface area contributed by atoms with Crippen LogP contribution >= 0.6 is 0 Å². The average Bonchev–Trinajstić information content (AvgIpc) is 2.63. The molecule has 0 saturated carbocycles. The number of nitrogens with one attached hydrogen (secondary N) is 1. The molecule has 0 bridgehead atoms. The monoisotopic (exact) mass is 341 g/mol. The highest BCUT2D eigenvalue weighted by Crippen LogP contribution is 2.12. The molecule has 0 aliphatic carbocycles. The van der Waals surface area contributed by atoms with Gasteiger partial charge in [0.05, 0.1) is 13.2 Å². The van der Waals surface area contributed by atoms with Crippen LogP contribution in [0.1, 0.15) is 11.1 Å². The molecule has 0 amide bonds. The molecule has 134 valence electrons. The standard InChI is InChI=1S/C20H27N3O2/c1-23(2)20(21-15-17-7-5-4-6-8-17)22-16-18-9-11-19(12-10-18)25-14-13-24-3/h4-12H,13-16H2,1-3H3,(H,21,22). The lowest BCUT2D eigenvalue weighted by atomic mass is 10.2. The summed E-state index contributed by atoms with van der Waals surface area (Å²) in [5.41, 5.74) is 2.37. The van der Waals surface area contributed by atoms with Crippen LogP contribution in [0.25, 0.3) is 0 Å². The summed E-state index contributed by atoms with van der Waals surface area (Å²) in [6.45, 7) is 2.52. The highest BCUT2D eigenvalue weighted by atomic mass is 16.5. The largest absolute Gasteiger partial charge is 0.491 e. The van der Waals surface area contributed by atoms with E-state index in [4.69, 9.17) is 9.47 Å². The molecule has 0 unspecified atom stereocenters. The van der Waals surface area contributed by atoms with E-state index in [1.54, 1.807) is 7.11 Å². The minimum absolute atomic E-state index is 0.561. The zero-order valence-electron chi connectivity index (χ0n) is 15.2. The van der Waals surface area contributed by atoms with E-state index in [0.717, 1.165) is 11.7 Å². The van der Waals surface area contributed by atoms with Crippen molar-refractivity contribution in [1.82, 2.24) is 10.2 Å². The van der Waals surface area contributed by atoms with Crippen LogP contribution in [0.5, 0.6) is 5.75 Å². The fraction of sp³-hybridized carbons (Fsp3) is 0.350. The minimum atomic E-state index is 0.561. The Bertz CT molecular complexity index is 640. The fourth-order valence-electron chi connectivity index (χ4n) is 2.23. The van der Waals surface area contributed by atoms with Gasteiger partial charge in [-0.05, 0) is 23.3 Å². The lowest BCUT2D eigenvalue weighted by Crippen LogP contribution is -2.36. The first-order valence-corrected chi connectivity index (χ1v) is 8.39. The molecule has 0 fully saturated rings. The quantitative estimate of drug-likeness (QED) is 0.456. The third-order valence-electron chi connectivity index (χ3n) is 3.61. The topological polar surface area (TPSA) is 46.1 Å². The summed E-state index contributed by atoms with van der Waals surface area (Å²) in [5.74, 6) is 1.72. The van der Waals surface area contributed by atoms with E-state index in [9.17, 15) is 0 Å². The second-order valence-corrected chi connectivity index (χ2v) is 5.86. The summed E-state index contributed by atoms with van der Waals surface area (Å²) in [6.07, 6.45) is 0. The van der Waals surface area contributed by atoms with Gasteiger partial charge in [0.25, 0.3) is 0 Å². The van der Waals surface area contributed by atoms with Gasteiger partial charge in [0, 0.05) is 27.7 Å². The van der Waals surface area contributed by atoms with Crippen LogP contribution in [-0.4, -0.2) is 45.3 Å². The first-order chi connectivity index (χ1) is 12.2. The van der Waals surface area contributed by atoms with E-state index in [0.29, 0.717) is 26.3 Å². The molecule has 0 aliphatic heterocycles. The normalized spacial score (nSPS) is 11.2. The predicted octanol–water partition coefficient (Wildman–Crippen LogP) is 2.92. The van der Waals surface area contributed by atoms with Crippen molar-refractivity contribution in [1.29, 1.82) is 0 Å². The van der Waals surface area contributed by atoms with E-state index in [-0.39, 0.29) is 0 Å². The van der Waals surface area contributed by atoms with Crippen LogP contribution in [0, 0.1) is 0 Å². The molecule has 0 aromatic heterocycles. The summed E-state index contributed by atoms with van der Waals surface area (Å²) in [7, 11) is 5.65. The lowest BCUT2D eigenvalue weighted by molar-refractivity contribution is 0.146. The number of ether oxygens (including phenoxy) is 2. The molecule has 0 saturated heterocycles. The molecule has 0 spiro atoms. The minimum Gasteiger partial charge on any atom is -0.491 e. The molecule has 5 nitrogen and oxygen atoms in total. The lowest BCUT2D eigenvalue weighted by Gasteiger charge is -2.18. The van der Waals surface area contributed by atoms with Crippen molar-refractivity contribution in [2.45, 2.75) is 13.1 Å². The Kier molecular flexibility index (Phi) is 7.79. The van der Waals surface area contributed by atoms with E-state index in [1.165, 1.54) is 11.1 Å². The molecular weight excluding hydrogens is 314 g/mol. The Morgan fingerprint density at radius 2 is 1.68 bits per heavy atom. The van der Waals surface area contributed by atoms with Crippen molar-refractivity contribution < 1.29 is 9.47 Å². The Hall–Kier alpha value is -2.53. The molecule has 0 atom stereocenters. The van der Waals surface area contributed by atoms with Gasteiger partial charge in [-0.15, -0.1) is 0 Å². The van der Waals surface area contributed by atoms with E-state index >= 15 is 0 Å². The van der Waals surface area contributed by atoms with Crippen LogP contribution in [0.3, 0.4) is 0 Å².